The van der Waals surface area contributed by atoms with Gasteiger partial charge in [0.1, 0.15) is 6.54 Å². The molecule has 1 unspecified atom stereocenters. The van der Waals surface area contributed by atoms with Gasteiger partial charge in [-0.05, 0) is 19.8 Å². The van der Waals surface area contributed by atoms with Gasteiger partial charge in [-0.25, -0.2) is 4.79 Å². The first-order chi connectivity index (χ1) is 7.95. The summed E-state index contributed by atoms with van der Waals surface area (Å²) in [4.78, 5) is 25.5. The summed E-state index contributed by atoms with van der Waals surface area (Å²) < 4.78 is 0. The second-order valence-corrected chi connectivity index (χ2v) is 4.45. The monoisotopic (exact) mass is 239 g/mol. The SMILES string of the molecule is CC(C#N)CN(C)C(=O)N(CC(=O)O)C1CC1. The fourth-order valence-corrected chi connectivity index (χ4v) is 1.63. The van der Waals surface area contributed by atoms with Gasteiger partial charge in [0.2, 0.25) is 0 Å². The number of hydrogen-bond acceptors (Lipinski definition) is 3. The van der Waals surface area contributed by atoms with Crippen LogP contribution in [-0.2, 0) is 4.79 Å². The normalized spacial score (nSPS) is 15.8. The maximum absolute atomic E-state index is 12.0. The van der Waals surface area contributed by atoms with E-state index < -0.39 is 5.97 Å². The highest BCUT2D eigenvalue weighted by molar-refractivity contribution is 5.80. The van der Waals surface area contributed by atoms with Crippen molar-refractivity contribution in [2.45, 2.75) is 25.8 Å². The van der Waals surface area contributed by atoms with Crippen LogP contribution in [0.25, 0.3) is 0 Å². The molecule has 1 N–H and O–H groups in total. The molecule has 94 valence electrons. The van der Waals surface area contributed by atoms with E-state index in [1.54, 1.807) is 14.0 Å². The molecule has 6 nitrogen and oxygen atoms in total. The standard InChI is InChI=1S/C11H17N3O3/c1-8(5-12)6-13(2)11(17)14(7-10(15)16)9-3-4-9/h8-9H,3-4,6-7H2,1-2H3,(H,15,16). The number of carboxylic acids is 1. The fourth-order valence-electron chi connectivity index (χ4n) is 1.63. The third-order valence-electron chi connectivity index (χ3n) is 2.63. The van der Waals surface area contributed by atoms with Crippen molar-refractivity contribution in [1.29, 1.82) is 5.26 Å². The Bertz CT molecular complexity index is 346. The van der Waals surface area contributed by atoms with E-state index in [9.17, 15) is 9.59 Å². The van der Waals surface area contributed by atoms with Crippen molar-refractivity contribution in [3.63, 3.8) is 0 Å². The van der Waals surface area contributed by atoms with Gasteiger partial charge in [-0.2, -0.15) is 5.26 Å². The maximum Gasteiger partial charge on any atom is 0.323 e. The quantitative estimate of drug-likeness (QED) is 0.767. The number of hydrogen-bond donors (Lipinski definition) is 1. The number of urea groups is 1. The minimum atomic E-state index is -1.01. The minimum absolute atomic E-state index is 0.0541. The zero-order valence-corrected chi connectivity index (χ0v) is 10.1. The molecule has 0 aromatic rings. The van der Waals surface area contributed by atoms with Crippen LogP contribution >= 0.6 is 0 Å². The van der Waals surface area contributed by atoms with Gasteiger partial charge in [0, 0.05) is 19.6 Å². The van der Waals surface area contributed by atoms with E-state index in [1.807, 2.05) is 6.07 Å². The number of carbonyl (C=O) groups is 2. The van der Waals surface area contributed by atoms with Crippen molar-refractivity contribution in [2.24, 2.45) is 5.92 Å². The number of carboxylic acid groups (broad SMARTS) is 1. The molecule has 0 saturated heterocycles. The van der Waals surface area contributed by atoms with E-state index in [-0.39, 0.29) is 24.5 Å². The van der Waals surface area contributed by atoms with Gasteiger partial charge in [0.05, 0.1) is 12.0 Å². The van der Waals surface area contributed by atoms with E-state index in [0.29, 0.717) is 6.54 Å². The van der Waals surface area contributed by atoms with Gasteiger partial charge in [0.25, 0.3) is 0 Å². The van der Waals surface area contributed by atoms with Gasteiger partial charge >= 0.3 is 12.0 Å². The topological polar surface area (TPSA) is 84.6 Å². The third-order valence-corrected chi connectivity index (χ3v) is 2.63. The molecule has 6 heteroatoms. The van der Waals surface area contributed by atoms with Crippen LogP contribution in [0, 0.1) is 17.2 Å². The van der Waals surface area contributed by atoms with Crippen LogP contribution in [0.2, 0.25) is 0 Å². The molecule has 0 bridgehead atoms. The van der Waals surface area contributed by atoms with E-state index in [1.165, 1.54) is 9.80 Å². The lowest BCUT2D eigenvalue weighted by Crippen LogP contribution is -2.46. The molecule has 1 fully saturated rings. The summed E-state index contributed by atoms with van der Waals surface area (Å²) >= 11 is 0. The van der Waals surface area contributed by atoms with Crippen molar-refractivity contribution in [1.82, 2.24) is 9.80 Å². The van der Waals surface area contributed by atoms with E-state index in [2.05, 4.69) is 0 Å². The molecule has 1 atom stereocenters. The van der Waals surface area contributed by atoms with Crippen LogP contribution in [-0.4, -0.2) is 53.1 Å². The Morgan fingerprint density at radius 2 is 2.12 bits per heavy atom. The van der Waals surface area contributed by atoms with Crippen LogP contribution in [0.4, 0.5) is 4.79 Å². The van der Waals surface area contributed by atoms with Crippen molar-refractivity contribution in [2.75, 3.05) is 20.1 Å². The number of aliphatic carboxylic acids is 1. The molecule has 0 spiro atoms. The summed E-state index contributed by atoms with van der Waals surface area (Å²) in [5, 5.41) is 17.4. The van der Waals surface area contributed by atoms with Crippen molar-refractivity contribution >= 4 is 12.0 Å². The lowest BCUT2D eigenvalue weighted by atomic mass is 10.2. The second kappa shape index (κ2) is 5.53. The summed E-state index contributed by atoms with van der Waals surface area (Å²) in [6, 6.07) is 1.79. The van der Waals surface area contributed by atoms with Crippen LogP contribution < -0.4 is 0 Å². The largest absolute Gasteiger partial charge is 0.480 e. The summed E-state index contributed by atoms with van der Waals surface area (Å²) in [6.45, 7) is 1.77. The zero-order valence-electron chi connectivity index (χ0n) is 10.1. The maximum atomic E-state index is 12.0. The van der Waals surface area contributed by atoms with Crippen LogP contribution in [0.3, 0.4) is 0 Å². The molecule has 2 amide bonds. The van der Waals surface area contributed by atoms with E-state index in [0.717, 1.165) is 12.8 Å². The molecule has 0 radical (unpaired) electrons. The highest BCUT2D eigenvalue weighted by Gasteiger charge is 2.35. The number of rotatable bonds is 5. The highest BCUT2D eigenvalue weighted by Crippen LogP contribution is 2.27. The number of amides is 2. The van der Waals surface area contributed by atoms with Gasteiger partial charge in [0.15, 0.2) is 0 Å². The van der Waals surface area contributed by atoms with Crippen molar-refractivity contribution in [3.8, 4) is 6.07 Å². The molecule has 0 aliphatic heterocycles. The predicted octanol–water partition coefficient (Wildman–Crippen LogP) is 0.747. The lowest BCUT2D eigenvalue weighted by Gasteiger charge is -2.27. The van der Waals surface area contributed by atoms with Crippen molar-refractivity contribution < 1.29 is 14.7 Å². The minimum Gasteiger partial charge on any atom is -0.480 e. The number of carbonyl (C=O) groups excluding carboxylic acids is 1. The number of nitriles is 1. The molecule has 1 aliphatic carbocycles. The number of nitrogens with zero attached hydrogens (tertiary/aromatic N) is 3. The molecule has 0 aromatic heterocycles. The highest BCUT2D eigenvalue weighted by atomic mass is 16.4. The predicted molar refractivity (Wildman–Crippen MR) is 60.2 cm³/mol. The zero-order chi connectivity index (χ0) is 13.0. The smallest absolute Gasteiger partial charge is 0.323 e. The van der Waals surface area contributed by atoms with Crippen LogP contribution in [0.5, 0.6) is 0 Å². The molecule has 0 heterocycles. The average molecular weight is 239 g/mol. The van der Waals surface area contributed by atoms with Crippen LogP contribution in [0.1, 0.15) is 19.8 Å². The van der Waals surface area contributed by atoms with Crippen molar-refractivity contribution in [3.05, 3.63) is 0 Å². The molecule has 1 aliphatic rings. The second-order valence-electron chi connectivity index (χ2n) is 4.45. The Balaban J connectivity index is 2.58. The molecule has 0 aromatic carbocycles. The third kappa shape index (κ3) is 3.94. The summed E-state index contributed by atoms with van der Waals surface area (Å²) in [6.07, 6.45) is 1.72. The molecule has 1 rings (SSSR count). The molecular weight excluding hydrogens is 222 g/mol. The van der Waals surface area contributed by atoms with Crippen LogP contribution in [0.15, 0.2) is 0 Å². The molecule has 1 saturated carbocycles. The fraction of sp³-hybridized carbons (Fsp3) is 0.727. The van der Waals surface area contributed by atoms with Gasteiger partial charge in [-0.3, -0.25) is 4.79 Å². The van der Waals surface area contributed by atoms with E-state index >= 15 is 0 Å². The van der Waals surface area contributed by atoms with Gasteiger partial charge < -0.3 is 14.9 Å². The first kappa shape index (κ1) is 13.3. The molecular formula is C11H17N3O3. The Morgan fingerprint density at radius 1 is 1.53 bits per heavy atom. The lowest BCUT2D eigenvalue weighted by molar-refractivity contribution is -0.137. The summed E-state index contributed by atoms with van der Waals surface area (Å²) in [5.74, 6) is -1.26. The van der Waals surface area contributed by atoms with Gasteiger partial charge in [-0.1, -0.05) is 0 Å². The molecule has 17 heavy (non-hydrogen) atoms. The first-order valence-electron chi connectivity index (χ1n) is 5.58. The first-order valence-corrected chi connectivity index (χ1v) is 5.58. The average Bonchev–Trinajstić information content (AvgIpc) is 3.08. The summed E-state index contributed by atoms with van der Waals surface area (Å²) in [7, 11) is 1.59. The Morgan fingerprint density at radius 3 is 2.53 bits per heavy atom. The Labute approximate surface area is 100 Å². The van der Waals surface area contributed by atoms with E-state index in [4.69, 9.17) is 10.4 Å². The Kier molecular flexibility index (Phi) is 4.32. The van der Waals surface area contributed by atoms with Gasteiger partial charge in [-0.15, -0.1) is 0 Å². The summed E-state index contributed by atoms with van der Waals surface area (Å²) in [5.41, 5.74) is 0. The Hall–Kier alpha value is -1.77.